The summed E-state index contributed by atoms with van der Waals surface area (Å²) in [6.07, 6.45) is 1.21. The molecule has 0 saturated carbocycles. The zero-order chi connectivity index (χ0) is 14.4. The summed E-state index contributed by atoms with van der Waals surface area (Å²) in [5.74, 6) is 2.43. The van der Waals surface area contributed by atoms with Crippen molar-refractivity contribution < 1.29 is 9.47 Å². The number of ether oxygens (including phenoxy) is 2. The molecule has 1 saturated heterocycles. The van der Waals surface area contributed by atoms with Crippen molar-refractivity contribution >= 4 is 0 Å². The molecule has 1 aliphatic heterocycles. The summed E-state index contributed by atoms with van der Waals surface area (Å²) in [7, 11) is 0. The minimum Gasteiger partial charge on any atom is -0.494 e. The molecule has 20 heavy (non-hydrogen) atoms. The first-order chi connectivity index (χ1) is 9.69. The highest BCUT2D eigenvalue weighted by molar-refractivity contribution is 5.31. The zero-order valence-corrected chi connectivity index (χ0v) is 12.5. The standard InChI is InChI=1S/C16H26N2O2/c1-3-19-15-4-6-16(7-5-15)20-11-10-18-9-8-14(12-18)13(2)17/h4-7,13-14H,3,8-12,17H2,1-2H3. The Morgan fingerprint density at radius 1 is 1.25 bits per heavy atom. The molecule has 1 fully saturated rings. The molecule has 4 heteroatoms. The van der Waals surface area contributed by atoms with E-state index in [9.17, 15) is 0 Å². The summed E-state index contributed by atoms with van der Waals surface area (Å²) in [5.41, 5.74) is 5.95. The molecule has 1 aliphatic rings. The van der Waals surface area contributed by atoms with Gasteiger partial charge in [0, 0.05) is 19.1 Å². The van der Waals surface area contributed by atoms with Crippen LogP contribution in [0.15, 0.2) is 24.3 Å². The zero-order valence-electron chi connectivity index (χ0n) is 12.5. The molecular formula is C16H26N2O2. The number of nitrogens with zero attached hydrogens (tertiary/aromatic N) is 1. The molecule has 0 bridgehead atoms. The Morgan fingerprint density at radius 2 is 1.90 bits per heavy atom. The highest BCUT2D eigenvalue weighted by atomic mass is 16.5. The predicted octanol–water partition coefficient (Wildman–Crippen LogP) is 2.13. The van der Waals surface area contributed by atoms with Gasteiger partial charge in [0.2, 0.25) is 0 Å². The molecule has 0 amide bonds. The fraction of sp³-hybridized carbons (Fsp3) is 0.625. The SMILES string of the molecule is CCOc1ccc(OCCN2CCC(C(C)N)C2)cc1. The van der Waals surface area contributed by atoms with Gasteiger partial charge < -0.3 is 15.2 Å². The number of hydrogen-bond donors (Lipinski definition) is 1. The summed E-state index contributed by atoms with van der Waals surface area (Å²) in [4.78, 5) is 2.43. The van der Waals surface area contributed by atoms with Gasteiger partial charge in [0.05, 0.1) is 6.61 Å². The average Bonchev–Trinajstić information content (AvgIpc) is 2.90. The highest BCUT2D eigenvalue weighted by Gasteiger charge is 2.24. The van der Waals surface area contributed by atoms with E-state index >= 15 is 0 Å². The molecule has 2 atom stereocenters. The largest absolute Gasteiger partial charge is 0.494 e. The Balaban J connectivity index is 1.68. The molecule has 2 N–H and O–H groups in total. The lowest BCUT2D eigenvalue weighted by Gasteiger charge is -2.18. The van der Waals surface area contributed by atoms with Gasteiger partial charge in [-0.1, -0.05) is 0 Å². The molecular weight excluding hydrogens is 252 g/mol. The van der Waals surface area contributed by atoms with Gasteiger partial charge >= 0.3 is 0 Å². The van der Waals surface area contributed by atoms with Crippen LogP contribution in [-0.4, -0.2) is 43.8 Å². The van der Waals surface area contributed by atoms with Crippen LogP contribution in [0.4, 0.5) is 0 Å². The van der Waals surface area contributed by atoms with Gasteiger partial charge in [0.15, 0.2) is 0 Å². The Kier molecular flexibility index (Phi) is 5.68. The van der Waals surface area contributed by atoms with Crippen LogP contribution < -0.4 is 15.2 Å². The average molecular weight is 278 g/mol. The highest BCUT2D eigenvalue weighted by Crippen LogP contribution is 2.19. The fourth-order valence-corrected chi connectivity index (χ4v) is 2.59. The van der Waals surface area contributed by atoms with E-state index in [1.165, 1.54) is 6.42 Å². The Bertz CT molecular complexity index is 392. The molecule has 0 aromatic heterocycles. The summed E-state index contributed by atoms with van der Waals surface area (Å²) in [6.45, 7) is 8.70. The van der Waals surface area contributed by atoms with E-state index in [2.05, 4.69) is 11.8 Å². The fourth-order valence-electron chi connectivity index (χ4n) is 2.59. The van der Waals surface area contributed by atoms with Crippen molar-refractivity contribution in [2.45, 2.75) is 26.3 Å². The Hall–Kier alpha value is -1.26. The lowest BCUT2D eigenvalue weighted by Crippen LogP contribution is -2.31. The van der Waals surface area contributed by atoms with E-state index in [0.29, 0.717) is 18.6 Å². The van der Waals surface area contributed by atoms with Crippen LogP contribution in [-0.2, 0) is 0 Å². The van der Waals surface area contributed by atoms with Gasteiger partial charge in [-0.3, -0.25) is 4.90 Å². The van der Waals surface area contributed by atoms with Gasteiger partial charge in [0.1, 0.15) is 18.1 Å². The normalized spacial score (nSPS) is 20.9. The minimum absolute atomic E-state index is 0.298. The number of nitrogens with two attached hydrogens (primary N) is 1. The van der Waals surface area contributed by atoms with E-state index in [0.717, 1.165) is 37.7 Å². The Labute approximate surface area is 121 Å². The molecule has 1 aromatic rings. The first-order valence-corrected chi connectivity index (χ1v) is 7.52. The van der Waals surface area contributed by atoms with Crippen molar-refractivity contribution in [2.24, 2.45) is 11.7 Å². The third kappa shape index (κ3) is 4.39. The molecule has 2 unspecified atom stereocenters. The van der Waals surface area contributed by atoms with E-state index in [1.807, 2.05) is 31.2 Å². The number of benzene rings is 1. The second-order valence-corrected chi connectivity index (χ2v) is 5.46. The topological polar surface area (TPSA) is 47.7 Å². The van der Waals surface area contributed by atoms with Crippen LogP contribution in [0.25, 0.3) is 0 Å². The van der Waals surface area contributed by atoms with Crippen LogP contribution in [0.2, 0.25) is 0 Å². The summed E-state index contributed by atoms with van der Waals surface area (Å²) < 4.78 is 11.2. The molecule has 0 radical (unpaired) electrons. The Morgan fingerprint density at radius 3 is 2.45 bits per heavy atom. The second kappa shape index (κ2) is 7.50. The maximum Gasteiger partial charge on any atom is 0.119 e. The number of hydrogen-bond acceptors (Lipinski definition) is 4. The molecule has 1 heterocycles. The van der Waals surface area contributed by atoms with E-state index in [1.54, 1.807) is 0 Å². The minimum atomic E-state index is 0.298. The van der Waals surface area contributed by atoms with E-state index in [4.69, 9.17) is 15.2 Å². The maximum absolute atomic E-state index is 5.95. The van der Waals surface area contributed by atoms with Gasteiger partial charge in [-0.2, -0.15) is 0 Å². The summed E-state index contributed by atoms with van der Waals surface area (Å²) >= 11 is 0. The smallest absolute Gasteiger partial charge is 0.119 e. The van der Waals surface area contributed by atoms with Crippen molar-refractivity contribution in [3.8, 4) is 11.5 Å². The lowest BCUT2D eigenvalue weighted by molar-refractivity contribution is 0.230. The summed E-state index contributed by atoms with van der Waals surface area (Å²) in [6, 6.07) is 8.10. The van der Waals surface area contributed by atoms with Crippen molar-refractivity contribution in [3.05, 3.63) is 24.3 Å². The molecule has 0 aliphatic carbocycles. The molecule has 2 rings (SSSR count). The first kappa shape index (κ1) is 15.1. The third-order valence-corrected chi connectivity index (χ3v) is 3.86. The second-order valence-electron chi connectivity index (χ2n) is 5.46. The van der Waals surface area contributed by atoms with Gasteiger partial charge in [-0.05, 0) is 57.0 Å². The van der Waals surface area contributed by atoms with E-state index < -0.39 is 0 Å². The number of likely N-dealkylation sites (tertiary alicyclic amines) is 1. The molecule has 4 nitrogen and oxygen atoms in total. The first-order valence-electron chi connectivity index (χ1n) is 7.52. The van der Waals surface area contributed by atoms with Crippen molar-refractivity contribution in [1.82, 2.24) is 4.90 Å². The van der Waals surface area contributed by atoms with Crippen LogP contribution >= 0.6 is 0 Å². The third-order valence-electron chi connectivity index (χ3n) is 3.86. The van der Waals surface area contributed by atoms with Crippen molar-refractivity contribution in [3.63, 3.8) is 0 Å². The number of rotatable bonds is 7. The quantitative estimate of drug-likeness (QED) is 0.830. The monoisotopic (exact) mass is 278 g/mol. The maximum atomic E-state index is 5.95. The van der Waals surface area contributed by atoms with Crippen molar-refractivity contribution in [2.75, 3.05) is 32.8 Å². The van der Waals surface area contributed by atoms with Crippen LogP contribution in [0.1, 0.15) is 20.3 Å². The van der Waals surface area contributed by atoms with Crippen LogP contribution in [0.3, 0.4) is 0 Å². The lowest BCUT2D eigenvalue weighted by atomic mass is 10.0. The predicted molar refractivity (Wildman–Crippen MR) is 81.3 cm³/mol. The molecule has 112 valence electrons. The summed E-state index contributed by atoms with van der Waals surface area (Å²) in [5, 5.41) is 0. The molecule has 0 spiro atoms. The van der Waals surface area contributed by atoms with Gasteiger partial charge in [-0.15, -0.1) is 0 Å². The van der Waals surface area contributed by atoms with Crippen LogP contribution in [0, 0.1) is 5.92 Å². The molecule has 1 aromatic carbocycles. The van der Waals surface area contributed by atoms with Gasteiger partial charge in [0.25, 0.3) is 0 Å². The van der Waals surface area contributed by atoms with Crippen LogP contribution in [0.5, 0.6) is 11.5 Å². The van der Waals surface area contributed by atoms with Crippen molar-refractivity contribution in [1.29, 1.82) is 0 Å². The van der Waals surface area contributed by atoms with Gasteiger partial charge in [-0.25, -0.2) is 0 Å². The van der Waals surface area contributed by atoms with E-state index in [-0.39, 0.29) is 0 Å².